The molecule has 2 aromatic carbocycles. The Labute approximate surface area is 143 Å². The van der Waals surface area contributed by atoms with E-state index in [0.717, 1.165) is 29.3 Å². The van der Waals surface area contributed by atoms with E-state index in [1.807, 2.05) is 55.5 Å². The second-order valence-electron chi connectivity index (χ2n) is 5.20. The molecule has 0 saturated heterocycles. The molecule has 0 heterocycles. The molecule has 0 unspecified atom stereocenters. The molecule has 2 rings (SSSR count). The van der Waals surface area contributed by atoms with Gasteiger partial charge in [-0.05, 0) is 49.7 Å². The highest BCUT2D eigenvalue weighted by Gasteiger charge is 2.06. The van der Waals surface area contributed by atoms with Gasteiger partial charge in [0, 0.05) is 5.69 Å². The van der Waals surface area contributed by atoms with Gasteiger partial charge in [-0.3, -0.25) is 4.79 Å². The molecule has 2 N–H and O–H groups in total. The molecule has 24 heavy (non-hydrogen) atoms. The van der Waals surface area contributed by atoms with Crippen molar-refractivity contribution in [2.24, 2.45) is 0 Å². The summed E-state index contributed by atoms with van der Waals surface area (Å²) >= 11 is 0. The summed E-state index contributed by atoms with van der Waals surface area (Å²) in [4.78, 5) is 12.1. The van der Waals surface area contributed by atoms with Crippen LogP contribution in [0.3, 0.4) is 0 Å². The van der Waals surface area contributed by atoms with Gasteiger partial charge in [0.2, 0.25) is 5.91 Å². The molecule has 2 aromatic rings. The minimum atomic E-state index is -0.122. The van der Waals surface area contributed by atoms with E-state index in [-0.39, 0.29) is 12.5 Å². The van der Waals surface area contributed by atoms with Gasteiger partial charge in [-0.25, -0.2) is 0 Å². The summed E-state index contributed by atoms with van der Waals surface area (Å²) in [5, 5.41) is 5.94. The minimum Gasteiger partial charge on any atom is -0.494 e. The van der Waals surface area contributed by atoms with Crippen LogP contribution in [0, 0.1) is 0 Å². The Hall–Kier alpha value is -2.69. The maximum atomic E-state index is 12.1. The van der Waals surface area contributed by atoms with Crippen molar-refractivity contribution < 1.29 is 14.3 Å². The molecular formula is C19H24N2O3. The number of nitrogens with one attached hydrogen (secondary N) is 2. The number of amides is 1. The van der Waals surface area contributed by atoms with Crippen molar-refractivity contribution in [3.63, 3.8) is 0 Å². The number of hydrogen-bond donors (Lipinski definition) is 2. The fourth-order valence-electron chi connectivity index (χ4n) is 2.13. The van der Waals surface area contributed by atoms with Gasteiger partial charge in [-0.1, -0.05) is 19.1 Å². The Kier molecular flexibility index (Phi) is 6.95. The summed E-state index contributed by atoms with van der Waals surface area (Å²) in [7, 11) is 0. The summed E-state index contributed by atoms with van der Waals surface area (Å²) in [6.45, 7) is 5.42. The summed E-state index contributed by atoms with van der Waals surface area (Å²) < 4.78 is 11.0. The molecule has 0 aromatic heterocycles. The van der Waals surface area contributed by atoms with Crippen molar-refractivity contribution in [3.8, 4) is 11.5 Å². The van der Waals surface area contributed by atoms with Crippen LogP contribution in [0.15, 0.2) is 48.5 Å². The first-order chi connectivity index (χ1) is 11.7. The molecule has 0 atom stereocenters. The SMILES string of the molecule is CCCOc1ccc(NC(=O)CNc2ccccc2OCC)cc1. The van der Waals surface area contributed by atoms with Crippen LogP contribution in [0.2, 0.25) is 0 Å². The van der Waals surface area contributed by atoms with Crippen molar-refractivity contribution in [2.45, 2.75) is 20.3 Å². The highest BCUT2D eigenvalue weighted by molar-refractivity contribution is 5.94. The summed E-state index contributed by atoms with van der Waals surface area (Å²) in [5.74, 6) is 1.42. The summed E-state index contributed by atoms with van der Waals surface area (Å²) in [6.07, 6.45) is 0.966. The molecule has 0 aliphatic rings. The van der Waals surface area contributed by atoms with Gasteiger partial charge in [0.15, 0.2) is 0 Å². The van der Waals surface area contributed by atoms with Crippen LogP contribution in [0.5, 0.6) is 11.5 Å². The van der Waals surface area contributed by atoms with Gasteiger partial charge in [0.1, 0.15) is 11.5 Å². The van der Waals surface area contributed by atoms with E-state index < -0.39 is 0 Å². The highest BCUT2D eigenvalue weighted by Crippen LogP contribution is 2.23. The van der Waals surface area contributed by atoms with Gasteiger partial charge >= 0.3 is 0 Å². The topological polar surface area (TPSA) is 59.6 Å². The van der Waals surface area contributed by atoms with E-state index in [1.165, 1.54) is 0 Å². The molecule has 0 aliphatic heterocycles. The quantitative estimate of drug-likeness (QED) is 0.732. The normalized spacial score (nSPS) is 10.1. The van der Waals surface area contributed by atoms with Crippen LogP contribution < -0.4 is 20.1 Å². The number of ether oxygens (including phenoxy) is 2. The number of benzene rings is 2. The Morgan fingerprint density at radius 3 is 2.46 bits per heavy atom. The van der Waals surface area contributed by atoms with Crippen molar-refractivity contribution in [1.82, 2.24) is 0 Å². The van der Waals surface area contributed by atoms with Crippen molar-refractivity contribution >= 4 is 17.3 Å². The van der Waals surface area contributed by atoms with Crippen LogP contribution in [0.4, 0.5) is 11.4 Å². The van der Waals surface area contributed by atoms with E-state index in [1.54, 1.807) is 0 Å². The van der Waals surface area contributed by atoms with Crippen LogP contribution in [0.1, 0.15) is 20.3 Å². The molecular weight excluding hydrogens is 304 g/mol. The fourth-order valence-corrected chi connectivity index (χ4v) is 2.13. The Balaban J connectivity index is 1.85. The first kappa shape index (κ1) is 17.7. The molecule has 0 saturated carbocycles. The Morgan fingerprint density at radius 1 is 1.00 bits per heavy atom. The third-order valence-corrected chi connectivity index (χ3v) is 3.24. The molecule has 0 spiro atoms. The average Bonchev–Trinajstić information content (AvgIpc) is 2.61. The number of anilines is 2. The standard InChI is InChI=1S/C19H24N2O3/c1-3-13-24-16-11-9-15(10-12-16)21-19(22)14-20-17-7-5-6-8-18(17)23-4-2/h5-12,20H,3-4,13-14H2,1-2H3,(H,21,22). The number of carbonyl (C=O) groups is 1. The number of rotatable bonds is 9. The first-order valence-corrected chi connectivity index (χ1v) is 8.21. The lowest BCUT2D eigenvalue weighted by Gasteiger charge is -2.12. The lowest BCUT2D eigenvalue weighted by molar-refractivity contribution is -0.114. The van der Waals surface area contributed by atoms with E-state index in [2.05, 4.69) is 17.6 Å². The predicted molar refractivity (Wildman–Crippen MR) is 97.0 cm³/mol. The zero-order valence-electron chi connectivity index (χ0n) is 14.2. The van der Waals surface area contributed by atoms with E-state index in [0.29, 0.717) is 13.2 Å². The van der Waals surface area contributed by atoms with Gasteiger partial charge < -0.3 is 20.1 Å². The van der Waals surface area contributed by atoms with Crippen LogP contribution in [-0.2, 0) is 4.79 Å². The van der Waals surface area contributed by atoms with Gasteiger partial charge in [-0.2, -0.15) is 0 Å². The summed E-state index contributed by atoms with van der Waals surface area (Å²) in [6, 6.07) is 14.9. The second-order valence-corrected chi connectivity index (χ2v) is 5.20. The molecule has 0 fully saturated rings. The first-order valence-electron chi connectivity index (χ1n) is 8.21. The van der Waals surface area contributed by atoms with E-state index in [9.17, 15) is 4.79 Å². The van der Waals surface area contributed by atoms with E-state index in [4.69, 9.17) is 9.47 Å². The fraction of sp³-hybridized carbons (Fsp3) is 0.316. The monoisotopic (exact) mass is 328 g/mol. The predicted octanol–water partition coefficient (Wildman–Crippen LogP) is 3.92. The maximum Gasteiger partial charge on any atom is 0.243 e. The van der Waals surface area contributed by atoms with Crippen molar-refractivity contribution in [1.29, 1.82) is 0 Å². The van der Waals surface area contributed by atoms with Crippen molar-refractivity contribution in [2.75, 3.05) is 30.4 Å². The van der Waals surface area contributed by atoms with Gasteiger partial charge in [-0.15, -0.1) is 0 Å². The molecule has 128 valence electrons. The Morgan fingerprint density at radius 2 is 1.75 bits per heavy atom. The zero-order valence-corrected chi connectivity index (χ0v) is 14.2. The van der Waals surface area contributed by atoms with Crippen LogP contribution in [0.25, 0.3) is 0 Å². The lowest BCUT2D eigenvalue weighted by Crippen LogP contribution is -2.22. The number of carbonyl (C=O) groups excluding carboxylic acids is 1. The molecule has 0 aliphatic carbocycles. The van der Waals surface area contributed by atoms with Gasteiger partial charge in [0.05, 0.1) is 25.4 Å². The molecule has 0 bridgehead atoms. The molecule has 1 amide bonds. The molecule has 0 radical (unpaired) electrons. The number of para-hydroxylation sites is 2. The third kappa shape index (κ3) is 5.50. The highest BCUT2D eigenvalue weighted by atomic mass is 16.5. The largest absolute Gasteiger partial charge is 0.494 e. The van der Waals surface area contributed by atoms with Gasteiger partial charge in [0.25, 0.3) is 0 Å². The average molecular weight is 328 g/mol. The Bertz CT molecular complexity index is 641. The smallest absolute Gasteiger partial charge is 0.243 e. The number of hydrogen-bond acceptors (Lipinski definition) is 4. The lowest BCUT2D eigenvalue weighted by atomic mass is 10.3. The third-order valence-electron chi connectivity index (χ3n) is 3.24. The minimum absolute atomic E-state index is 0.122. The van der Waals surface area contributed by atoms with Crippen LogP contribution >= 0.6 is 0 Å². The second kappa shape index (κ2) is 9.45. The zero-order chi connectivity index (χ0) is 17.2. The van der Waals surface area contributed by atoms with E-state index >= 15 is 0 Å². The molecule has 5 nitrogen and oxygen atoms in total. The van der Waals surface area contributed by atoms with Crippen molar-refractivity contribution in [3.05, 3.63) is 48.5 Å². The maximum absolute atomic E-state index is 12.1. The van der Waals surface area contributed by atoms with Crippen LogP contribution in [-0.4, -0.2) is 25.7 Å². The summed E-state index contributed by atoms with van der Waals surface area (Å²) in [5.41, 5.74) is 1.54. The molecule has 5 heteroatoms.